The first-order chi connectivity index (χ1) is 8.71. The number of hydrogen-bond acceptors (Lipinski definition) is 3. The van der Waals surface area contributed by atoms with Crippen LogP contribution in [0.2, 0.25) is 0 Å². The Labute approximate surface area is 111 Å². The Morgan fingerprint density at radius 3 is 1.84 bits per heavy atom. The smallest absolute Gasteiger partial charge is 0.323 e. The SMILES string of the molecule is CC1(C)CCN(C(=O)N(CC(=O)O)CC(=O)O)CC1. The third kappa shape index (κ3) is 4.76. The third-order valence-electron chi connectivity index (χ3n) is 3.31. The van der Waals surface area contributed by atoms with E-state index >= 15 is 0 Å². The molecule has 0 aromatic heterocycles. The molecule has 1 fully saturated rings. The van der Waals surface area contributed by atoms with E-state index < -0.39 is 31.1 Å². The van der Waals surface area contributed by atoms with E-state index in [0.29, 0.717) is 13.1 Å². The number of piperidine rings is 1. The van der Waals surface area contributed by atoms with Crippen molar-refractivity contribution in [3.63, 3.8) is 0 Å². The fourth-order valence-corrected chi connectivity index (χ4v) is 2.02. The van der Waals surface area contributed by atoms with Gasteiger partial charge in [-0.15, -0.1) is 0 Å². The second kappa shape index (κ2) is 5.90. The zero-order chi connectivity index (χ0) is 14.6. The van der Waals surface area contributed by atoms with E-state index in [-0.39, 0.29) is 5.41 Å². The number of nitrogens with zero attached hydrogens (tertiary/aromatic N) is 2. The van der Waals surface area contributed by atoms with Crippen LogP contribution >= 0.6 is 0 Å². The zero-order valence-electron chi connectivity index (χ0n) is 11.3. The molecule has 7 nitrogen and oxygen atoms in total. The summed E-state index contributed by atoms with van der Waals surface area (Å²) in [5.41, 5.74) is 0.168. The minimum absolute atomic E-state index is 0.168. The van der Waals surface area contributed by atoms with Crippen molar-refractivity contribution in [1.82, 2.24) is 9.80 Å². The lowest BCUT2D eigenvalue weighted by Crippen LogP contribution is -2.50. The molecular weight excluding hydrogens is 252 g/mol. The summed E-state index contributed by atoms with van der Waals surface area (Å²) in [6.45, 7) is 4.10. The lowest BCUT2D eigenvalue weighted by molar-refractivity contribution is -0.140. The van der Waals surface area contributed by atoms with Gasteiger partial charge in [0.15, 0.2) is 0 Å². The first-order valence-electron chi connectivity index (χ1n) is 6.19. The Balaban J connectivity index is 2.66. The minimum atomic E-state index is -1.22. The maximum absolute atomic E-state index is 12.1. The summed E-state index contributed by atoms with van der Waals surface area (Å²) in [4.78, 5) is 35.8. The highest BCUT2D eigenvalue weighted by molar-refractivity contribution is 5.84. The van der Waals surface area contributed by atoms with Gasteiger partial charge in [-0.3, -0.25) is 9.59 Å². The largest absolute Gasteiger partial charge is 0.480 e. The van der Waals surface area contributed by atoms with E-state index in [1.807, 2.05) is 0 Å². The molecule has 0 saturated carbocycles. The number of urea groups is 1. The molecular formula is C12H20N2O5. The summed E-state index contributed by atoms with van der Waals surface area (Å²) in [7, 11) is 0. The van der Waals surface area contributed by atoms with Crippen LogP contribution in [0.4, 0.5) is 4.79 Å². The minimum Gasteiger partial charge on any atom is -0.480 e. The molecule has 0 spiro atoms. The van der Waals surface area contributed by atoms with Crippen LogP contribution in [0.3, 0.4) is 0 Å². The third-order valence-corrected chi connectivity index (χ3v) is 3.31. The average molecular weight is 272 g/mol. The van der Waals surface area contributed by atoms with Gasteiger partial charge in [-0.2, -0.15) is 0 Å². The molecule has 2 amide bonds. The van der Waals surface area contributed by atoms with Crippen molar-refractivity contribution in [2.45, 2.75) is 26.7 Å². The van der Waals surface area contributed by atoms with Crippen LogP contribution in [0.1, 0.15) is 26.7 Å². The van der Waals surface area contributed by atoms with Crippen molar-refractivity contribution in [2.24, 2.45) is 5.41 Å². The molecule has 1 rings (SSSR count). The van der Waals surface area contributed by atoms with Gasteiger partial charge in [-0.1, -0.05) is 13.8 Å². The molecule has 0 radical (unpaired) electrons. The molecule has 19 heavy (non-hydrogen) atoms. The maximum atomic E-state index is 12.1. The summed E-state index contributed by atoms with van der Waals surface area (Å²) in [5.74, 6) is -2.43. The number of carboxylic acids is 2. The highest BCUT2D eigenvalue weighted by atomic mass is 16.4. The summed E-state index contributed by atoms with van der Waals surface area (Å²) in [6.07, 6.45) is 1.65. The van der Waals surface area contributed by atoms with Crippen LogP contribution in [0.25, 0.3) is 0 Å². The highest BCUT2D eigenvalue weighted by Gasteiger charge is 2.31. The second-order valence-corrected chi connectivity index (χ2v) is 5.58. The van der Waals surface area contributed by atoms with Gasteiger partial charge in [0.2, 0.25) is 0 Å². The van der Waals surface area contributed by atoms with Gasteiger partial charge >= 0.3 is 18.0 Å². The Kier molecular flexibility index (Phi) is 4.74. The predicted molar refractivity (Wildman–Crippen MR) is 66.8 cm³/mol. The molecule has 0 atom stereocenters. The Hall–Kier alpha value is -1.79. The van der Waals surface area contributed by atoms with Gasteiger partial charge in [0.05, 0.1) is 0 Å². The maximum Gasteiger partial charge on any atom is 0.323 e. The van der Waals surface area contributed by atoms with Crippen molar-refractivity contribution in [1.29, 1.82) is 0 Å². The molecule has 1 heterocycles. The van der Waals surface area contributed by atoms with Crippen molar-refractivity contribution < 1.29 is 24.6 Å². The van der Waals surface area contributed by atoms with Crippen molar-refractivity contribution >= 4 is 18.0 Å². The number of carbonyl (C=O) groups excluding carboxylic acids is 1. The van der Waals surface area contributed by atoms with E-state index in [2.05, 4.69) is 13.8 Å². The highest BCUT2D eigenvalue weighted by Crippen LogP contribution is 2.30. The van der Waals surface area contributed by atoms with Crippen LogP contribution in [0.5, 0.6) is 0 Å². The Bertz CT molecular complexity index is 354. The fraction of sp³-hybridized carbons (Fsp3) is 0.750. The zero-order valence-corrected chi connectivity index (χ0v) is 11.3. The summed E-state index contributed by atoms with van der Waals surface area (Å²) in [6, 6.07) is -0.514. The molecule has 108 valence electrons. The lowest BCUT2D eigenvalue weighted by atomic mass is 9.83. The topological polar surface area (TPSA) is 98.2 Å². The van der Waals surface area contributed by atoms with Crippen LogP contribution in [-0.4, -0.2) is 64.2 Å². The molecule has 1 saturated heterocycles. The number of aliphatic carboxylic acids is 2. The van der Waals surface area contributed by atoms with E-state index in [0.717, 1.165) is 17.7 Å². The molecule has 0 aliphatic carbocycles. The van der Waals surface area contributed by atoms with Crippen LogP contribution < -0.4 is 0 Å². The van der Waals surface area contributed by atoms with Gasteiger partial charge in [0, 0.05) is 13.1 Å². The van der Waals surface area contributed by atoms with Crippen LogP contribution in [0.15, 0.2) is 0 Å². The van der Waals surface area contributed by atoms with Gasteiger partial charge in [-0.05, 0) is 18.3 Å². The number of rotatable bonds is 4. The van der Waals surface area contributed by atoms with Crippen molar-refractivity contribution in [3.05, 3.63) is 0 Å². The van der Waals surface area contributed by atoms with Gasteiger partial charge in [-0.25, -0.2) is 4.79 Å². The number of likely N-dealkylation sites (tertiary alicyclic amines) is 1. The fourth-order valence-electron chi connectivity index (χ4n) is 2.02. The van der Waals surface area contributed by atoms with Crippen LogP contribution in [-0.2, 0) is 9.59 Å². The van der Waals surface area contributed by atoms with E-state index in [1.165, 1.54) is 4.90 Å². The first-order valence-corrected chi connectivity index (χ1v) is 6.19. The van der Waals surface area contributed by atoms with E-state index in [1.54, 1.807) is 0 Å². The van der Waals surface area contributed by atoms with Crippen molar-refractivity contribution in [2.75, 3.05) is 26.2 Å². The number of hydrogen-bond donors (Lipinski definition) is 2. The van der Waals surface area contributed by atoms with Crippen LogP contribution in [0, 0.1) is 5.41 Å². The monoisotopic (exact) mass is 272 g/mol. The standard InChI is InChI=1S/C12H20N2O5/c1-12(2)3-5-13(6-4-12)11(19)14(7-9(15)16)8-10(17)18/h3-8H2,1-2H3,(H,15,16)(H,17,18). The molecule has 2 N–H and O–H groups in total. The number of carboxylic acid groups (broad SMARTS) is 2. The predicted octanol–water partition coefficient (Wildman–Crippen LogP) is 0.700. The quantitative estimate of drug-likeness (QED) is 0.785. The molecule has 0 unspecified atom stereocenters. The molecule has 0 bridgehead atoms. The molecule has 0 aromatic rings. The van der Waals surface area contributed by atoms with E-state index in [9.17, 15) is 14.4 Å². The van der Waals surface area contributed by atoms with Gasteiger partial charge in [0.25, 0.3) is 0 Å². The molecule has 1 aliphatic rings. The normalized spacial score (nSPS) is 17.9. The number of amides is 2. The molecule has 1 aliphatic heterocycles. The van der Waals surface area contributed by atoms with Gasteiger partial charge in [0.1, 0.15) is 13.1 Å². The second-order valence-electron chi connectivity index (χ2n) is 5.58. The molecule has 0 aromatic carbocycles. The number of carbonyl (C=O) groups is 3. The first kappa shape index (κ1) is 15.3. The Morgan fingerprint density at radius 1 is 1.05 bits per heavy atom. The molecule has 7 heteroatoms. The van der Waals surface area contributed by atoms with Gasteiger partial charge < -0.3 is 20.0 Å². The van der Waals surface area contributed by atoms with Crippen molar-refractivity contribution in [3.8, 4) is 0 Å². The Morgan fingerprint density at radius 2 is 1.47 bits per heavy atom. The lowest BCUT2D eigenvalue weighted by Gasteiger charge is -2.38. The average Bonchev–Trinajstić information content (AvgIpc) is 2.26. The summed E-state index contributed by atoms with van der Waals surface area (Å²) < 4.78 is 0. The van der Waals surface area contributed by atoms with E-state index in [4.69, 9.17) is 10.2 Å². The summed E-state index contributed by atoms with van der Waals surface area (Å²) >= 11 is 0. The summed E-state index contributed by atoms with van der Waals surface area (Å²) in [5, 5.41) is 17.4.